The van der Waals surface area contributed by atoms with Gasteiger partial charge in [0.05, 0.1) is 23.4 Å². The van der Waals surface area contributed by atoms with Crippen LogP contribution in [0.15, 0.2) is 42.0 Å². The summed E-state index contributed by atoms with van der Waals surface area (Å²) in [6.45, 7) is 4.56. The predicted molar refractivity (Wildman–Crippen MR) is 145 cm³/mol. The Bertz CT molecular complexity index is 1340. The monoisotopic (exact) mass is 513 g/mol. The first-order valence-electron chi connectivity index (χ1n) is 14.0. The summed E-state index contributed by atoms with van der Waals surface area (Å²) in [4.78, 5) is 26.2. The number of aromatic amines is 1. The molecule has 1 amide bonds. The summed E-state index contributed by atoms with van der Waals surface area (Å²) in [6.07, 6.45) is 10.5. The number of H-pyrrole nitrogens is 1. The van der Waals surface area contributed by atoms with E-state index in [1.807, 2.05) is 31.2 Å². The minimum Gasteiger partial charge on any atom is -0.341 e. The fourth-order valence-electron chi connectivity index (χ4n) is 6.35. The Morgan fingerprint density at radius 1 is 1.24 bits per heavy atom. The van der Waals surface area contributed by atoms with Gasteiger partial charge >= 0.3 is 0 Å². The zero-order chi connectivity index (χ0) is 26.4. The number of carbonyl (C=O) groups excluding carboxylic acids is 1. The number of halogens is 1. The van der Waals surface area contributed by atoms with Crippen LogP contribution in [0.5, 0.6) is 0 Å². The summed E-state index contributed by atoms with van der Waals surface area (Å²) in [7, 11) is 2.12. The third-order valence-electron chi connectivity index (χ3n) is 9.12. The number of fused-ring (bicyclic) bond motifs is 1. The van der Waals surface area contributed by atoms with E-state index in [-0.39, 0.29) is 30.6 Å². The molecule has 2 atom stereocenters. The van der Waals surface area contributed by atoms with Gasteiger partial charge in [0, 0.05) is 56.6 Å². The molecule has 0 radical (unpaired) electrons. The zero-order valence-electron chi connectivity index (χ0n) is 22.3. The van der Waals surface area contributed by atoms with Crippen molar-refractivity contribution in [3.63, 3.8) is 0 Å². The maximum absolute atomic E-state index is 16.0. The highest BCUT2D eigenvalue weighted by Crippen LogP contribution is 2.42. The Morgan fingerprint density at radius 2 is 2.03 bits per heavy atom. The van der Waals surface area contributed by atoms with E-state index in [1.54, 1.807) is 11.0 Å². The number of allylic oxidation sites excluding steroid dienone is 4. The van der Waals surface area contributed by atoms with Crippen molar-refractivity contribution in [1.82, 2.24) is 19.8 Å². The highest BCUT2D eigenvalue weighted by molar-refractivity contribution is 5.95. The van der Waals surface area contributed by atoms with Crippen molar-refractivity contribution in [2.75, 3.05) is 26.7 Å². The zero-order valence-corrected chi connectivity index (χ0v) is 22.3. The van der Waals surface area contributed by atoms with Crippen LogP contribution in [-0.2, 0) is 13.0 Å². The fourth-order valence-corrected chi connectivity index (χ4v) is 6.35. The van der Waals surface area contributed by atoms with Crippen LogP contribution in [0.4, 0.5) is 4.39 Å². The topological polar surface area (TPSA) is 76.0 Å². The largest absolute Gasteiger partial charge is 0.341 e. The molecule has 4 aliphatic rings. The van der Waals surface area contributed by atoms with Crippen molar-refractivity contribution >= 4 is 5.91 Å². The summed E-state index contributed by atoms with van der Waals surface area (Å²) >= 11 is 0. The molecular weight excluding hydrogens is 477 g/mol. The van der Waals surface area contributed by atoms with Crippen LogP contribution in [0.3, 0.4) is 0 Å². The molecule has 0 bridgehead atoms. The first kappa shape index (κ1) is 25.1. The van der Waals surface area contributed by atoms with Crippen LogP contribution in [0.25, 0.3) is 11.4 Å². The predicted octanol–water partition coefficient (Wildman–Crippen LogP) is 5.55. The molecule has 6 nitrogen and oxygen atoms in total. The van der Waals surface area contributed by atoms with E-state index in [0.717, 1.165) is 36.6 Å². The number of nitrogens with zero attached hydrogens (tertiary/aromatic N) is 4. The minimum absolute atomic E-state index is 0.00689. The first-order chi connectivity index (χ1) is 18.3. The van der Waals surface area contributed by atoms with Gasteiger partial charge in [0.15, 0.2) is 0 Å². The summed E-state index contributed by atoms with van der Waals surface area (Å²) < 4.78 is 16.0. The number of nitriles is 1. The average Bonchev–Trinajstić information content (AvgIpc) is 3.31. The van der Waals surface area contributed by atoms with Gasteiger partial charge in [0.2, 0.25) is 0 Å². The van der Waals surface area contributed by atoms with E-state index in [9.17, 15) is 10.1 Å². The number of carbonyl (C=O) groups is 1. The molecule has 38 heavy (non-hydrogen) atoms. The molecule has 1 saturated heterocycles. The summed E-state index contributed by atoms with van der Waals surface area (Å²) in [5, 5.41) is 9.26. The molecule has 3 heterocycles. The number of hydrogen-bond donors (Lipinski definition) is 1. The summed E-state index contributed by atoms with van der Waals surface area (Å²) in [5.41, 5.74) is 4.45. The standard InChI is InChI=1S/C31H36FN5O/c1-20-16-24(8-6-23(20)18-33)31(32)11-14-37(15-12-31)30(38)22-7-9-25(21-4-3-5-21)26(17-22)29-34-27-10-13-36(2)19-28(27)35-29/h6-9,16-17,20-21,23H,3-5,10-15,19H2,1-2H3,(H,34,35). The number of imidazole rings is 1. The molecule has 2 aromatic rings. The molecular formula is C31H36FN5O. The molecule has 0 spiro atoms. The van der Waals surface area contributed by atoms with Crippen molar-refractivity contribution < 1.29 is 9.18 Å². The number of aromatic nitrogens is 2. The molecule has 6 rings (SSSR count). The van der Waals surface area contributed by atoms with Gasteiger partial charge < -0.3 is 14.8 Å². The highest BCUT2D eigenvalue weighted by atomic mass is 19.1. The Kier molecular flexibility index (Phi) is 6.47. The first-order valence-corrected chi connectivity index (χ1v) is 14.0. The SMILES string of the molecule is CC1C=C(C2(F)CCN(C(=O)c3ccc(C4CCC4)c(-c4nc5c([nH]4)CN(C)CC5)c3)CC2)C=CC1C#N. The maximum atomic E-state index is 16.0. The third kappa shape index (κ3) is 4.49. The van der Waals surface area contributed by atoms with E-state index in [0.29, 0.717) is 30.1 Å². The molecule has 1 N–H and O–H groups in total. The molecule has 7 heteroatoms. The summed E-state index contributed by atoms with van der Waals surface area (Å²) in [6, 6.07) is 8.34. The van der Waals surface area contributed by atoms with E-state index >= 15 is 4.39 Å². The van der Waals surface area contributed by atoms with Crippen molar-refractivity contribution in [1.29, 1.82) is 5.26 Å². The lowest BCUT2D eigenvalue weighted by Crippen LogP contribution is -2.45. The number of nitrogens with one attached hydrogen (secondary N) is 1. The van der Waals surface area contributed by atoms with Crippen LogP contribution in [-0.4, -0.2) is 58.0 Å². The van der Waals surface area contributed by atoms with Crippen LogP contribution in [0, 0.1) is 23.2 Å². The van der Waals surface area contributed by atoms with Gasteiger partial charge in [-0.3, -0.25) is 4.79 Å². The number of likely N-dealkylation sites (tertiary alicyclic amines) is 1. The van der Waals surface area contributed by atoms with E-state index in [1.165, 1.54) is 30.5 Å². The van der Waals surface area contributed by atoms with Gasteiger partial charge in [-0.15, -0.1) is 0 Å². The number of alkyl halides is 1. The smallest absolute Gasteiger partial charge is 0.253 e. The van der Waals surface area contributed by atoms with Crippen molar-refractivity contribution in [2.24, 2.45) is 11.8 Å². The van der Waals surface area contributed by atoms with Gasteiger partial charge in [-0.05, 0) is 55.0 Å². The van der Waals surface area contributed by atoms with Crippen LogP contribution >= 0.6 is 0 Å². The van der Waals surface area contributed by atoms with Crippen LogP contribution in [0.2, 0.25) is 0 Å². The molecule has 198 valence electrons. The number of likely N-dealkylation sites (N-methyl/N-ethyl adjacent to an activating group) is 1. The number of hydrogen-bond acceptors (Lipinski definition) is 4. The lowest BCUT2D eigenvalue weighted by molar-refractivity contribution is 0.0554. The molecule has 1 aromatic heterocycles. The van der Waals surface area contributed by atoms with E-state index in [2.05, 4.69) is 29.1 Å². The molecule has 1 aromatic carbocycles. The lowest BCUT2D eigenvalue weighted by Gasteiger charge is -2.38. The Hall–Kier alpha value is -3.24. The van der Waals surface area contributed by atoms with E-state index < -0.39 is 5.67 Å². The maximum Gasteiger partial charge on any atom is 0.253 e. The average molecular weight is 514 g/mol. The Morgan fingerprint density at radius 3 is 2.71 bits per heavy atom. The highest BCUT2D eigenvalue weighted by Gasteiger charge is 2.40. The van der Waals surface area contributed by atoms with E-state index in [4.69, 9.17) is 4.98 Å². The van der Waals surface area contributed by atoms with Crippen molar-refractivity contribution in [2.45, 2.75) is 63.6 Å². The fraction of sp³-hybridized carbons (Fsp3) is 0.516. The minimum atomic E-state index is -1.46. The number of benzene rings is 1. The van der Waals surface area contributed by atoms with Gasteiger partial charge in [-0.2, -0.15) is 5.26 Å². The molecule has 1 saturated carbocycles. The van der Waals surface area contributed by atoms with Crippen LogP contribution in [0.1, 0.15) is 72.3 Å². The van der Waals surface area contributed by atoms with Gasteiger partial charge in [0.1, 0.15) is 11.5 Å². The normalized spacial score (nSPS) is 25.3. The number of amides is 1. The quantitative estimate of drug-likeness (QED) is 0.582. The third-order valence-corrected chi connectivity index (χ3v) is 9.12. The molecule has 2 aliphatic heterocycles. The number of rotatable bonds is 4. The Balaban J connectivity index is 1.22. The second-order valence-electron chi connectivity index (χ2n) is 11.7. The lowest BCUT2D eigenvalue weighted by atomic mass is 9.77. The molecule has 2 unspecified atom stereocenters. The van der Waals surface area contributed by atoms with Gasteiger partial charge in [-0.25, -0.2) is 9.37 Å². The van der Waals surface area contributed by atoms with Gasteiger partial charge in [0.25, 0.3) is 5.91 Å². The second-order valence-corrected chi connectivity index (χ2v) is 11.7. The van der Waals surface area contributed by atoms with Crippen molar-refractivity contribution in [3.8, 4) is 17.5 Å². The number of piperidine rings is 1. The molecule has 2 aliphatic carbocycles. The second kappa shape index (κ2) is 9.81. The van der Waals surface area contributed by atoms with Crippen molar-refractivity contribution in [3.05, 3.63) is 64.5 Å². The Labute approximate surface area is 224 Å². The van der Waals surface area contributed by atoms with Crippen LogP contribution < -0.4 is 0 Å². The molecule has 2 fully saturated rings. The summed E-state index contributed by atoms with van der Waals surface area (Å²) in [5.74, 6) is 1.12. The van der Waals surface area contributed by atoms with Gasteiger partial charge in [-0.1, -0.05) is 37.6 Å².